The van der Waals surface area contributed by atoms with Gasteiger partial charge in [-0.1, -0.05) is 84.9 Å². The third-order valence-electron chi connectivity index (χ3n) is 9.74. The Morgan fingerprint density at radius 3 is 2.06 bits per heavy atom. The van der Waals surface area contributed by atoms with Crippen LogP contribution in [0, 0.1) is 0 Å². The normalized spacial score (nSPS) is 13.8. The molecule has 0 saturated heterocycles. The zero-order chi connectivity index (χ0) is 30.9. The summed E-state index contributed by atoms with van der Waals surface area (Å²) in [6.07, 6.45) is 9.07. The molecule has 0 amide bonds. The number of imidazole rings is 1. The number of fused-ring (bicyclic) bond motifs is 5. The molecule has 47 heavy (non-hydrogen) atoms. The monoisotopic (exact) mass is 602 g/mol. The summed E-state index contributed by atoms with van der Waals surface area (Å²) in [5.74, 6) is 0.945. The molecule has 1 aliphatic carbocycles. The summed E-state index contributed by atoms with van der Waals surface area (Å²) >= 11 is 0. The van der Waals surface area contributed by atoms with Crippen LogP contribution in [0.5, 0.6) is 0 Å². The van der Waals surface area contributed by atoms with Crippen molar-refractivity contribution in [3.63, 3.8) is 0 Å². The van der Waals surface area contributed by atoms with E-state index in [0.29, 0.717) is 0 Å². The third-order valence-corrected chi connectivity index (χ3v) is 9.74. The first-order valence-corrected chi connectivity index (χ1v) is 16.3. The molecule has 0 saturated carbocycles. The maximum absolute atomic E-state index is 5.05. The number of aromatic nitrogens is 3. The molecular weight excluding hydrogens is 573 g/mol. The van der Waals surface area contributed by atoms with Crippen LogP contribution in [-0.4, -0.2) is 14.1 Å². The molecule has 3 heterocycles. The van der Waals surface area contributed by atoms with E-state index in [1.165, 1.54) is 49.2 Å². The van der Waals surface area contributed by atoms with Crippen molar-refractivity contribution < 1.29 is 0 Å². The standard InChI is InChI=1S/C43H30N4/c1-3-12-29(13-4-1)43-44-36-18-8-10-20-38(36)47(43)33-24-22-32(23-25-33)46-37-19-9-7-17-34(37)42-35-26-27-45(31-15-5-2-6-16-31)39-21-11-14-30(41(35)39)28-40(42)46/h1-10,12-20,22-28H,11,21H2. The first-order valence-electron chi connectivity index (χ1n) is 16.3. The molecule has 0 radical (unpaired) electrons. The lowest BCUT2D eigenvalue weighted by Crippen LogP contribution is -2.39. The van der Waals surface area contributed by atoms with Crippen LogP contribution < -0.4 is 15.3 Å². The first kappa shape index (κ1) is 26.1. The van der Waals surface area contributed by atoms with E-state index in [9.17, 15) is 0 Å². The smallest absolute Gasteiger partial charge is 0.145 e. The topological polar surface area (TPSA) is 26.0 Å². The van der Waals surface area contributed by atoms with E-state index in [2.05, 4.69) is 166 Å². The highest BCUT2D eigenvalue weighted by Crippen LogP contribution is 2.36. The lowest BCUT2D eigenvalue weighted by Gasteiger charge is -2.29. The molecule has 2 aliphatic rings. The fourth-order valence-corrected chi connectivity index (χ4v) is 7.73. The van der Waals surface area contributed by atoms with Gasteiger partial charge in [0.2, 0.25) is 0 Å². The van der Waals surface area contributed by atoms with Gasteiger partial charge in [0, 0.05) is 50.5 Å². The molecular formula is C43H30N4. The third kappa shape index (κ3) is 3.91. The van der Waals surface area contributed by atoms with Crippen molar-refractivity contribution in [2.45, 2.75) is 12.8 Å². The van der Waals surface area contributed by atoms with Crippen LogP contribution in [0.4, 0.5) is 5.69 Å². The van der Waals surface area contributed by atoms with Gasteiger partial charge in [0.05, 0.1) is 22.1 Å². The van der Waals surface area contributed by atoms with Crippen molar-refractivity contribution in [2.75, 3.05) is 4.90 Å². The van der Waals surface area contributed by atoms with Crippen molar-refractivity contribution in [1.29, 1.82) is 0 Å². The Hall–Kier alpha value is -6.13. The second kappa shape index (κ2) is 10.2. The lowest BCUT2D eigenvalue weighted by atomic mass is 9.93. The van der Waals surface area contributed by atoms with Crippen LogP contribution in [0.1, 0.15) is 18.4 Å². The van der Waals surface area contributed by atoms with Gasteiger partial charge in [-0.25, -0.2) is 4.98 Å². The second-order valence-corrected chi connectivity index (χ2v) is 12.4. The van der Waals surface area contributed by atoms with Crippen LogP contribution >= 0.6 is 0 Å². The Labute approximate surface area is 272 Å². The van der Waals surface area contributed by atoms with Crippen LogP contribution in [-0.2, 0) is 0 Å². The predicted octanol–water partition coefficient (Wildman–Crippen LogP) is 8.96. The van der Waals surface area contributed by atoms with E-state index in [1.54, 1.807) is 0 Å². The van der Waals surface area contributed by atoms with Gasteiger partial charge < -0.3 is 9.47 Å². The van der Waals surface area contributed by atoms with E-state index in [-0.39, 0.29) is 0 Å². The average Bonchev–Trinajstić information content (AvgIpc) is 3.69. The maximum Gasteiger partial charge on any atom is 0.145 e. The van der Waals surface area contributed by atoms with Crippen molar-refractivity contribution in [3.05, 3.63) is 162 Å². The highest BCUT2D eigenvalue weighted by atomic mass is 15.1. The molecule has 6 aromatic carbocycles. The molecule has 4 nitrogen and oxygen atoms in total. The molecule has 0 bridgehead atoms. The summed E-state index contributed by atoms with van der Waals surface area (Å²) in [4.78, 5) is 7.43. The van der Waals surface area contributed by atoms with Gasteiger partial charge >= 0.3 is 0 Å². The summed E-state index contributed by atoms with van der Waals surface area (Å²) in [6, 6.07) is 49.8. The van der Waals surface area contributed by atoms with Crippen molar-refractivity contribution in [3.8, 4) is 22.8 Å². The molecule has 10 rings (SSSR count). The minimum Gasteiger partial charge on any atom is -0.320 e. The average molecular weight is 603 g/mol. The molecule has 0 spiro atoms. The second-order valence-electron chi connectivity index (χ2n) is 12.4. The summed E-state index contributed by atoms with van der Waals surface area (Å²) in [5, 5.41) is 5.28. The molecule has 222 valence electrons. The van der Waals surface area contributed by atoms with Crippen LogP contribution in [0.15, 0.2) is 146 Å². The molecule has 1 aliphatic heterocycles. The van der Waals surface area contributed by atoms with Crippen molar-refractivity contribution in [2.24, 2.45) is 0 Å². The minimum atomic E-state index is 0.945. The van der Waals surface area contributed by atoms with E-state index in [0.717, 1.165) is 46.6 Å². The van der Waals surface area contributed by atoms with E-state index in [4.69, 9.17) is 4.98 Å². The van der Waals surface area contributed by atoms with Gasteiger partial charge in [-0.05, 0) is 90.4 Å². The largest absolute Gasteiger partial charge is 0.320 e. The predicted molar refractivity (Wildman–Crippen MR) is 195 cm³/mol. The van der Waals surface area contributed by atoms with E-state index in [1.807, 2.05) is 6.07 Å². The molecule has 4 heteroatoms. The molecule has 0 atom stereocenters. The van der Waals surface area contributed by atoms with Gasteiger partial charge in [-0.2, -0.15) is 0 Å². The molecule has 0 unspecified atom stereocenters. The number of hydrogen-bond acceptors (Lipinski definition) is 2. The van der Waals surface area contributed by atoms with Crippen LogP contribution in [0.25, 0.3) is 73.5 Å². The Kier molecular flexibility index (Phi) is 5.67. The van der Waals surface area contributed by atoms with Gasteiger partial charge in [0.15, 0.2) is 0 Å². The fourth-order valence-electron chi connectivity index (χ4n) is 7.73. The Bertz CT molecular complexity index is 2660. The number of anilines is 1. The summed E-state index contributed by atoms with van der Waals surface area (Å²) in [6.45, 7) is 0. The fraction of sp³-hybridized carbons (Fsp3) is 0.0465. The number of benzene rings is 6. The molecule has 0 fully saturated rings. The maximum atomic E-state index is 5.05. The first-order chi connectivity index (χ1) is 23.3. The van der Waals surface area contributed by atoms with Gasteiger partial charge in [0.1, 0.15) is 5.82 Å². The van der Waals surface area contributed by atoms with Gasteiger partial charge in [-0.15, -0.1) is 0 Å². The van der Waals surface area contributed by atoms with E-state index >= 15 is 0 Å². The Balaban J connectivity index is 1.19. The van der Waals surface area contributed by atoms with Crippen molar-refractivity contribution >= 4 is 56.4 Å². The van der Waals surface area contributed by atoms with Crippen molar-refractivity contribution in [1.82, 2.24) is 14.1 Å². The highest BCUT2D eigenvalue weighted by Gasteiger charge is 2.23. The zero-order valence-electron chi connectivity index (χ0n) is 25.7. The minimum absolute atomic E-state index is 0.945. The quantitative estimate of drug-likeness (QED) is 0.201. The highest BCUT2D eigenvalue weighted by molar-refractivity contribution is 6.13. The zero-order valence-corrected chi connectivity index (χ0v) is 25.7. The number of rotatable bonds is 4. The summed E-state index contributed by atoms with van der Waals surface area (Å²) in [7, 11) is 0. The van der Waals surface area contributed by atoms with Gasteiger partial charge in [-0.3, -0.25) is 4.57 Å². The van der Waals surface area contributed by atoms with Gasteiger partial charge in [0.25, 0.3) is 0 Å². The summed E-state index contributed by atoms with van der Waals surface area (Å²) in [5.41, 5.74) is 11.8. The number of nitrogens with zero attached hydrogens (tertiary/aromatic N) is 4. The van der Waals surface area contributed by atoms with Crippen LogP contribution in [0.3, 0.4) is 0 Å². The number of para-hydroxylation sites is 4. The molecule has 2 aromatic heterocycles. The molecule has 0 N–H and O–H groups in total. The Morgan fingerprint density at radius 1 is 0.574 bits per heavy atom. The Morgan fingerprint density at radius 2 is 1.26 bits per heavy atom. The number of hydrogen-bond donors (Lipinski definition) is 0. The molecule has 8 aromatic rings. The summed E-state index contributed by atoms with van der Waals surface area (Å²) < 4.78 is 4.71. The SMILES string of the molecule is C1=CN(c2ccccc2)C2=c3c1c1c4ccccc4n(-c4ccc(-n5c(-c6ccccc6)nc6ccccc65)cc4)c1cc3=CCC2. The van der Waals surface area contributed by atoms with Crippen LogP contribution in [0.2, 0.25) is 0 Å². The van der Waals surface area contributed by atoms with E-state index < -0.39 is 0 Å². The lowest BCUT2D eigenvalue weighted by molar-refractivity contribution is 1.02.